The van der Waals surface area contributed by atoms with Crippen LogP contribution in [0.15, 0.2) is 35.7 Å². The molecule has 2 heterocycles. The Morgan fingerprint density at radius 3 is 2.74 bits per heavy atom. The molecule has 0 radical (unpaired) electrons. The molecule has 2 aromatic heterocycles. The first-order valence-electron chi connectivity index (χ1n) is 7.42. The summed E-state index contributed by atoms with van der Waals surface area (Å²) in [5.41, 5.74) is 2.23. The maximum absolute atomic E-state index is 9.35. The normalized spacial score (nSPS) is 12.5. The SMILES string of the molecule is COCc1nc(NC(C)CO)c2c(-c3ccccc3)csc2n1. The van der Waals surface area contributed by atoms with E-state index in [2.05, 4.69) is 32.8 Å². The summed E-state index contributed by atoms with van der Waals surface area (Å²) in [5.74, 6) is 1.37. The Morgan fingerprint density at radius 1 is 1.26 bits per heavy atom. The van der Waals surface area contributed by atoms with E-state index in [0.717, 1.165) is 27.2 Å². The molecule has 0 fully saturated rings. The zero-order valence-corrected chi connectivity index (χ0v) is 13.9. The van der Waals surface area contributed by atoms with Crippen LogP contribution >= 0.6 is 11.3 Å². The highest BCUT2D eigenvalue weighted by molar-refractivity contribution is 7.17. The summed E-state index contributed by atoms with van der Waals surface area (Å²) in [6.45, 7) is 2.31. The molecule has 0 saturated carbocycles. The Balaban J connectivity index is 2.16. The van der Waals surface area contributed by atoms with Crippen molar-refractivity contribution in [3.05, 3.63) is 41.5 Å². The molecular weight excluding hydrogens is 310 g/mol. The smallest absolute Gasteiger partial charge is 0.158 e. The van der Waals surface area contributed by atoms with E-state index in [4.69, 9.17) is 4.74 Å². The summed E-state index contributed by atoms with van der Waals surface area (Å²) in [6.07, 6.45) is 0. The molecule has 2 N–H and O–H groups in total. The third-order valence-corrected chi connectivity index (χ3v) is 4.37. The van der Waals surface area contributed by atoms with E-state index in [-0.39, 0.29) is 12.6 Å². The highest BCUT2D eigenvalue weighted by Gasteiger charge is 2.16. The fourth-order valence-electron chi connectivity index (χ4n) is 2.39. The van der Waals surface area contributed by atoms with Gasteiger partial charge in [-0.1, -0.05) is 30.3 Å². The monoisotopic (exact) mass is 329 g/mol. The number of methoxy groups -OCH3 is 1. The van der Waals surface area contributed by atoms with Crippen LogP contribution in [0.1, 0.15) is 12.7 Å². The molecule has 0 aliphatic rings. The minimum Gasteiger partial charge on any atom is -0.394 e. The maximum Gasteiger partial charge on any atom is 0.158 e. The van der Waals surface area contributed by atoms with Gasteiger partial charge in [0.25, 0.3) is 0 Å². The van der Waals surface area contributed by atoms with Gasteiger partial charge in [0, 0.05) is 24.1 Å². The number of rotatable bonds is 6. The molecule has 1 aromatic carbocycles. The summed E-state index contributed by atoms with van der Waals surface area (Å²) in [6, 6.07) is 10.1. The minimum atomic E-state index is -0.0907. The molecule has 0 amide bonds. The molecule has 0 aliphatic carbocycles. The van der Waals surface area contributed by atoms with Crippen molar-refractivity contribution in [2.45, 2.75) is 19.6 Å². The van der Waals surface area contributed by atoms with Gasteiger partial charge in [0.1, 0.15) is 17.3 Å². The van der Waals surface area contributed by atoms with E-state index in [0.29, 0.717) is 12.4 Å². The Hall–Kier alpha value is -2.02. The third kappa shape index (κ3) is 3.34. The Bertz CT molecular complexity index is 789. The molecule has 0 saturated heterocycles. The van der Waals surface area contributed by atoms with Gasteiger partial charge in [0.05, 0.1) is 12.0 Å². The quantitative estimate of drug-likeness (QED) is 0.726. The van der Waals surface area contributed by atoms with E-state index < -0.39 is 0 Å². The third-order valence-electron chi connectivity index (χ3n) is 3.50. The summed E-state index contributed by atoms with van der Waals surface area (Å²) in [5, 5.41) is 15.7. The number of hydrogen-bond acceptors (Lipinski definition) is 6. The predicted octanol–water partition coefficient (Wildman–Crippen LogP) is 3.30. The van der Waals surface area contributed by atoms with Gasteiger partial charge >= 0.3 is 0 Å². The fraction of sp³-hybridized carbons (Fsp3) is 0.294. The van der Waals surface area contributed by atoms with E-state index in [9.17, 15) is 5.11 Å². The van der Waals surface area contributed by atoms with Crippen LogP contribution in [0.4, 0.5) is 5.82 Å². The topological polar surface area (TPSA) is 67.3 Å². The van der Waals surface area contributed by atoms with Crippen LogP contribution in [0.5, 0.6) is 0 Å². The number of hydrogen-bond donors (Lipinski definition) is 2. The molecule has 3 aromatic rings. The van der Waals surface area contributed by atoms with Gasteiger partial charge in [-0.2, -0.15) is 0 Å². The average molecular weight is 329 g/mol. The van der Waals surface area contributed by atoms with Crippen LogP contribution in [0, 0.1) is 0 Å². The van der Waals surface area contributed by atoms with Crippen molar-refractivity contribution in [1.82, 2.24) is 9.97 Å². The van der Waals surface area contributed by atoms with Crippen molar-refractivity contribution in [3.8, 4) is 11.1 Å². The highest BCUT2D eigenvalue weighted by Crippen LogP contribution is 2.37. The second-order valence-electron chi connectivity index (χ2n) is 5.34. The number of nitrogens with zero attached hydrogens (tertiary/aromatic N) is 2. The van der Waals surface area contributed by atoms with Crippen molar-refractivity contribution in [2.75, 3.05) is 19.0 Å². The zero-order valence-electron chi connectivity index (χ0n) is 13.1. The molecule has 1 unspecified atom stereocenters. The molecule has 0 aliphatic heterocycles. The number of nitrogens with one attached hydrogen (secondary N) is 1. The highest BCUT2D eigenvalue weighted by atomic mass is 32.1. The first-order chi connectivity index (χ1) is 11.2. The lowest BCUT2D eigenvalue weighted by molar-refractivity contribution is 0.178. The number of aromatic nitrogens is 2. The number of benzene rings is 1. The minimum absolute atomic E-state index is 0.0376. The summed E-state index contributed by atoms with van der Waals surface area (Å²) in [4.78, 5) is 10.1. The van der Waals surface area contributed by atoms with E-state index >= 15 is 0 Å². The molecular formula is C17H19N3O2S. The fourth-order valence-corrected chi connectivity index (χ4v) is 3.36. The van der Waals surface area contributed by atoms with Crippen molar-refractivity contribution < 1.29 is 9.84 Å². The number of aliphatic hydroxyl groups excluding tert-OH is 1. The van der Waals surface area contributed by atoms with E-state index in [1.165, 1.54) is 0 Å². The molecule has 23 heavy (non-hydrogen) atoms. The van der Waals surface area contributed by atoms with Crippen LogP contribution in [0.25, 0.3) is 21.3 Å². The van der Waals surface area contributed by atoms with Gasteiger partial charge in [0.2, 0.25) is 0 Å². The van der Waals surface area contributed by atoms with Crippen molar-refractivity contribution >= 4 is 27.4 Å². The number of anilines is 1. The molecule has 6 heteroatoms. The number of aliphatic hydroxyl groups is 1. The zero-order chi connectivity index (χ0) is 16.2. The number of thiophene rings is 1. The van der Waals surface area contributed by atoms with Crippen molar-refractivity contribution in [2.24, 2.45) is 0 Å². The number of ether oxygens (including phenoxy) is 1. The molecule has 0 spiro atoms. The van der Waals surface area contributed by atoms with Gasteiger partial charge in [-0.3, -0.25) is 0 Å². The lowest BCUT2D eigenvalue weighted by Crippen LogP contribution is -2.20. The molecule has 5 nitrogen and oxygen atoms in total. The summed E-state index contributed by atoms with van der Waals surface area (Å²) >= 11 is 1.59. The Kier molecular flexibility index (Phi) is 4.85. The van der Waals surface area contributed by atoms with Crippen LogP contribution in [-0.4, -0.2) is 34.8 Å². The molecule has 3 rings (SSSR count). The van der Waals surface area contributed by atoms with Crippen LogP contribution in [0.3, 0.4) is 0 Å². The summed E-state index contributed by atoms with van der Waals surface area (Å²) < 4.78 is 5.16. The first-order valence-corrected chi connectivity index (χ1v) is 8.30. The van der Waals surface area contributed by atoms with Crippen LogP contribution in [0.2, 0.25) is 0 Å². The first kappa shape index (κ1) is 15.9. The van der Waals surface area contributed by atoms with E-state index in [1.807, 2.05) is 25.1 Å². The largest absolute Gasteiger partial charge is 0.394 e. The lowest BCUT2D eigenvalue weighted by atomic mass is 10.1. The Morgan fingerprint density at radius 2 is 2.04 bits per heavy atom. The predicted molar refractivity (Wildman–Crippen MR) is 93.7 cm³/mol. The maximum atomic E-state index is 9.35. The Labute approximate surface area is 139 Å². The van der Waals surface area contributed by atoms with Crippen molar-refractivity contribution in [1.29, 1.82) is 0 Å². The van der Waals surface area contributed by atoms with Crippen LogP contribution < -0.4 is 5.32 Å². The van der Waals surface area contributed by atoms with Gasteiger partial charge in [-0.05, 0) is 12.5 Å². The van der Waals surface area contributed by atoms with Crippen LogP contribution in [-0.2, 0) is 11.3 Å². The van der Waals surface area contributed by atoms with Gasteiger partial charge in [-0.15, -0.1) is 11.3 Å². The standard InChI is InChI=1S/C17H19N3O2S/c1-11(8-21)18-16-15-13(12-6-4-3-5-7-12)10-23-17(15)20-14(19-16)9-22-2/h3-7,10-11,21H,8-9H2,1-2H3,(H,18,19,20). The summed E-state index contributed by atoms with van der Waals surface area (Å²) in [7, 11) is 1.63. The number of fused-ring (bicyclic) bond motifs is 1. The van der Waals surface area contributed by atoms with E-state index in [1.54, 1.807) is 18.4 Å². The lowest BCUT2D eigenvalue weighted by Gasteiger charge is -2.14. The van der Waals surface area contributed by atoms with Crippen molar-refractivity contribution in [3.63, 3.8) is 0 Å². The second-order valence-corrected chi connectivity index (χ2v) is 6.20. The molecule has 120 valence electrons. The second kappa shape index (κ2) is 7.04. The molecule has 1 atom stereocenters. The van der Waals surface area contributed by atoms with Gasteiger partial charge in [0.15, 0.2) is 5.82 Å². The average Bonchev–Trinajstić information content (AvgIpc) is 3.00. The van der Waals surface area contributed by atoms with Gasteiger partial charge < -0.3 is 15.2 Å². The van der Waals surface area contributed by atoms with Gasteiger partial charge in [-0.25, -0.2) is 9.97 Å². The molecule has 0 bridgehead atoms.